The lowest BCUT2D eigenvalue weighted by Gasteiger charge is -2.23. The highest BCUT2D eigenvalue weighted by Gasteiger charge is 2.42. The highest BCUT2D eigenvalue weighted by atomic mass is 32.2. The first-order chi connectivity index (χ1) is 6.72. The molecule has 0 aliphatic rings. The average Bonchev–Trinajstić information content (AvgIpc) is 2.16. The van der Waals surface area contributed by atoms with E-state index in [9.17, 15) is 13.0 Å². The summed E-state index contributed by atoms with van der Waals surface area (Å²) in [6, 6.07) is 0. The molecule has 0 aromatic heterocycles. The fraction of sp³-hybridized carbons (Fsp3) is 1.00. The molecule has 7 heteroatoms. The second-order valence-electron chi connectivity index (χ2n) is 3.38. The van der Waals surface area contributed by atoms with Gasteiger partial charge in [0.2, 0.25) is 0 Å². The SMILES string of the molecule is CCOP(=O)(OC)C(C)S(=O)(=O)C(C)C. The van der Waals surface area contributed by atoms with Crippen molar-refractivity contribution in [3.8, 4) is 0 Å². The Morgan fingerprint density at radius 1 is 1.27 bits per heavy atom. The Kier molecular flexibility index (Phi) is 5.47. The Labute approximate surface area is 91.6 Å². The minimum atomic E-state index is -3.55. The summed E-state index contributed by atoms with van der Waals surface area (Å²) in [4.78, 5) is -1.13. The van der Waals surface area contributed by atoms with Crippen LogP contribution in [0.25, 0.3) is 0 Å². The van der Waals surface area contributed by atoms with E-state index in [0.29, 0.717) is 0 Å². The van der Waals surface area contributed by atoms with Gasteiger partial charge in [-0.3, -0.25) is 4.57 Å². The Balaban J connectivity index is 5.14. The third kappa shape index (κ3) is 3.28. The molecule has 0 aromatic rings. The van der Waals surface area contributed by atoms with Crippen LogP contribution in [-0.4, -0.2) is 32.4 Å². The van der Waals surface area contributed by atoms with Crippen LogP contribution in [0.5, 0.6) is 0 Å². The zero-order chi connectivity index (χ0) is 12.3. The molecule has 0 bridgehead atoms. The van der Waals surface area contributed by atoms with Crippen LogP contribution in [0.2, 0.25) is 0 Å². The number of hydrogen-bond donors (Lipinski definition) is 0. The first kappa shape index (κ1) is 15.1. The molecular weight excluding hydrogens is 239 g/mol. The van der Waals surface area contributed by atoms with E-state index >= 15 is 0 Å². The fourth-order valence-corrected chi connectivity index (χ4v) is 5.43. The molecule has 0 rings (SSSR count). The van der Waals surface area contributed by atoms with Gasteiger partial charge in [-0.1, -0.05) is 0 Å². The van der Waals surface area contributed by atoms with E-state index in [1.165, 1.54) is 27.9 Å². The van der Waals surface area contributed by atoms with Gasteiger partial charge in [-0.05, 0) is 27.7 Å². The van der Waals surface area contributed by atoms with Crippen LogP contribution in [0.3, 0.4) is 0 Å². The maximum Gasteiger partial charge on any atom is 0.348 e. The zero-order valence-corrected chi connectivity index (χ0v) is 11.5. The van der Waals surface area contributed by atoms with Crippen molar-refractivity contribution in [3.63, 3.8) is 0 Å². The van der Waals surface area contributed by atoms with Gasteiger partial charge in [0.25, 0.3) is 0 Å². The normalized spacial score (nSPS) is 18.8. The lowest BCUT2D eigenvalue weighted by Crippen LogP contribution is -2.27. The highest BCUT2D eigenvalue weighted by molar-refractivity contribution is 7.99. The maximum atomic E-state index is 12.0. The van der Waals surface area contributed by atoms with Crippen LogP contribution >= 0.6 is 7.60 Å². The molecule has 15 heavy (non-hydrogen) atoms. The molecule has 0 aliphatic carbocycles. The van der Waals surface area contributed by atoms with E-state index in [1.807, 2.05) is 0 Å². The Morgan fingerprint density at radius 3 is 2.00 bits per heavy atom. The van der Waals surface area contributed by atoms with Gasteiger partial charge < -0.3 is 9.05 Å². The van der Waals surface area contributed by atoms with E-state index < -0.39 is 27.7 Å². The van der Waals surface area contributed by atoms with E-state index in [0.717, 1.165) is 0 Å². The van der Waals surface area contributed by atoms with E-state index in [4.69, 9.17) is 9.05 Å². The van der Waals surface area contributed by atoms with Crippen LogP contribution in [-0.2, 0) is 23.4 Å². The van der Waals surface area contributed by atoms with Crippen LogP contribution in [0.4, 0.5) is 0 Å². The standard InChI is InChI=1S/C8H19O5PS/c1-6-13-14(9,12-5)8(4)15(10,11)7(2)3/h7-8H,6H2,1-5H3. The Bertz CT molecular complexity index is 335. The van der Waals surface area contributed by atoms with Crippen LogP contribution in [0, 0.1) is 0 Å². The summed E-state index contributed by atoms with van der Waals surface area (Å²) in [5.74, 6) is 0. The molecule has 5 nitrogen and oxygen atoms in total. The molecule has 0 heterocycles. The van der Waals surface area contributed by atoms with Gasteiger partial charge in [-0.25, -0.2) is 8.42 Å². The average molecular weight is 258 g/mol. The topological polar surface area (TPSA) is 69.7 Å². The van der Waals surface area contributed by atoms with Crippen LogP contribution in [0.15, 0.2) is 0 Å². The van der Waals surface area contributed by atoms with Crippen molar-refractivity contribution in [3.05, 3.63) is 0 Å². The predicted molar refractivity (Wildman–Crippen MR) is 59.8 cm³/mol. The third-order valence-corrected chi connectivity index (χ3v) is 8.08. The summed E-state index contributed by atoms with van der Waals surface area (Å²) in [7, 11) is -5.84. The number of rotatable bonds is 6. The van der Waals surface area contributed by atoms with Gasteiger partial charge in [-0.2, -0.15) is 0 Å². The lowest BCUT2D eigenvalue weighted by molar-refractivity contribution is 0.242. The molecule has 92 valence electrons. The van der Waals surface area contributed by atoms with Gasteiger partial charge in [0.1, 0.15) is 0 Å². The smallest absolute Gasteiger partial charge is 0.311 e. The Hall–Kier alpha value is 0.100. The highest BCUT2D eigenvalue weighted by Crippen LogP contribution is 2.54. The van der Waals surface area contributed by atoms with Crippen molar-refractivity contribution < 1.29 is 22.0 Å². The molecule has 0 spiro atoms. The number of sulfone groups is 1. The van der Waals surface area contributed by atoms with E-state index in [-0.39, 0.29) is 6.61 Å². The molecule has 0 amide bonds. The summed E-state index contributed by atoms with van der Waals surface area (Å²) in [6.45, 7) is 6.23. The largest absolute Gasteiger partial charge is 0.348 e. The van der Waals surface area contributed by atoms with Gasteiger partial charge in [0, 0.05) is 7.11 Å². The summed E-state index contributed by atoms with van der Waals surface area (Å²) in [5.41, 5.74) is 0. The second kappa shape index (κ2) is 5.43. The predicted octanol–water partition coefficient (Wildman–Crippen LogP) is 2.03. The minimum absolute atomic E-state index is 0.156. The first-order valence-corrected chi connectivity index (χ1v) is 7.97. The van der Waals surface area contributed by atoms with Crippen LogP contribution < -0.4 is 0 Å². The molecule has 0 aliphatic heterocycles. The van der Waals surface area contributed by atoms with Crippen molar-refractivity contribution in [2.75, 3.05) is 13.7 Å². The molecule has 0 saturated carbocycles. The summed E-state index contributed by atoms with van der Waals surface area (Å²) in [6.07, 6.45) is 0. The summed E-state index contributed by atoms with van der Waals surface area (Å²) < 4.78 is 45.2. The van der Waals surface area contributed by atoms with E-state index in [2.05, 4.69) is 0 Å². The van der Waals surface area contributed by atoms with E-state index in [1.54, 1.807) is 6.92 Å². The van der Waals surface area contributed by atoms with Crippen molar-refractivity contribution in [2.24, 2.45) is 0 Å². The fourth-order valence-electron chi connectivity index (χ4n) is 1.06. The summed E-state index contributed by atoms with van der Waals surface area (Å²) >= 11 is 0. The van der Waals surface area contributed by atoms with Crippen molar-refractivity contribution >= 4 is 17.4 Å². The van der Waals surface area contributed by atoms with Gasteiger partial charge >= 0.3 is 7.60 Å². The Morgan fingerprint density at radius 2 is 1.73 bits per heavy atom. The molecule has 0 aromatic carbocycles. The molecule has 0 N–H and O–H groups in total. The zero-order valence-electron chi connectivity index (χ0n) is 9.76. The van der Waals surface area contributed by atoms with Crippen molar-refractivity contribution in [2.45, 2.75) is 37.9 Å². The molecule has 2 atom stereocenters. The quantitative estimate of drug-likeness (QED) is 0.682. The lowest BCUT2D eigenvalue weighted by atomic mass is 10.6. The van der Waals surface area contributed by atoms with Crippen molar-refractivity contribution in [1.29, 1.82) is 0 Å². The van der Waals surface area contributed by atoms with Gasteiger partial charge in [0.15, 0.2) is 14.8 Å². The third-order valence-electron chi connectivity index (χ3n) is 2.14. The molecule has 2 unspecified atom stereocenters. The monoisotopic (exact) mass is 258 g/mol. The maximum absolute atomic E-state index is 12.0. The van der Waals surface area contributed by atoms with Gasteiger partial charge in [-0.15, -0.1) is 0 Å². The number of hydrogen-bond acceptors (Lipinski definition) is 5. The molecular formula is C8H19O5PS. The van der Waals surface area contributed by atoms with Gasteiger partial charge in [0.05, 0.1) is 11.9 Å². The van der Waals surface area contributed by atoms with Crippen molar-refractivity contribution in [1.82, 2.24) is 0 Å². The molecule has 0 radical (unpaired) electrons. The summed E-state index contributed by atoms with van der Waals surface area (Å²) in [5, 5.41) is -0.601. The second-order valence-corrected chi connectivity index (χ2v) is 9.03. The first-order valence-electron chi connectivity index (χ1n) is 4.75. The minimum Gasteiger partial charge on any atom is -0.311 e. The molecule has 0 fully saturated rings. The molecule has 0 saturated heterocycles. The van der Waals surface area contributed by atoms with Crippen LogP contribution in [0.1, 0.15) is 27.7 Å².